The first kappa shape index (κ1) is 25.0. The van der Waals surface area contributed by atoms with Crippen LogP contribution in [0.1, 0.15) is 22.4 Å². The lowest BCUT2D eigenvalue weighted by molar-refractivity contribution is 0.0957. The van der Waals surface area contributed by atoms with Crippen LogP contribution < -0.4 is 4.74 Å². The van der Waals surface area contributed by atoms with Crippen LogP contribution in [0.5, 0.6) is 5.75 Å². The molecule has 6 heteroatoms. The van der Waals surface area contributed by atoms with Crippen LogP contribution in [0.25, 0.3) is 10.9 Å². The van der Waals surface area contributed by atoms with Gasteiger partial charge in [-0.3, -0.25) is 4.90 Å². The lowest BCUT2D eigenvalue weighted by atomic mass is 9.81. The molecule has 1 atom stereocenters. The van der Waals surface area contributed by atoms with Crippen LogP contribution in [0, 0.1) is 11.3 Å². The van der Waals surface area contributed by atoms with E-state index >= 15 is 0 Å². The summed E-state index contributed by atoms with van der Waals surface area (Å²) in [6.45, 7) is 0.962. The zero-order valence-electron chi connectivity index (χ0n) is 21.3. The van der Waals surface area contributed by atoms with Crippen LogP contribution in [-0.2, 0) is 24.9 Å². The molecule has 0 radical (unpaired) electrons. The number of carbonyl (C=O) groups is 1. The number of hydrogen-bond acceptors (Lipinski definition) is 3. The monoisotopic (exact) mass is 575 g/mol. The van der Waals surface area contributed by atoms with Crippen molar-refractivity contribution in [1.29, 1.82) is 5.26 Å². The Labute approximate surface area is 236 Å². The molecule has 0 bridgehead atoms. The van der Waals surface area contributed by atoms with Gasteiger partial charge in [-0.1, -0.05) is 94.8 Å². The minimum Gasteiger partial charge on any atom is -0.410 e. The van der Waals surface area contributed by atoms with Crippen molar-refractivity contribution >= 4 is 32.9 Å². The van der Waals surface area contributed by atoms with E-state index in [4.69, 9.17) is 4.74 Å². The molecule has 0 saturated carbocycles. The third-order valence-corrected chi connectivity index (χ3v) is 7.95. The number of aromatic nitrogens is 1. The van der Waals surface area contributed by atoms with Gasteiger partial charge < -0.3 is 9.30 Å². The van der Waals surface area contributed by atoms with E-state index < -0.39 is 11.6 Å². The normalized spacial score (nSPS) is 16.5. The van der Waals surface area contributed by atoms with Crippen molar-refractivity contribution in [3.05, 3.63) is 136 Å². The van der Waals surface area contributed by atoms with Crippen LogP contribution in [0.15, 0.2) is 114 Å². The molecule has 1 aromatic heterocycles. The van der Waals surface area contributed by atoms with Gasteiger partial charge in [0.1, 0.15) is 5.75 Å². The summed E-state index contributed by atoms with van der Waals surface area (Å²) in [5, 5.41) is 12.2. The van der Waals surface area contributed by atoms with E-state index in [2.05, 4.69) is 50.8 Å². The number of para-hydroxylation sites is 2. The molecule has 39 heavy (non-hydrogen) atoms. The summed E-state index contributed by atoms with van der Waals surface area (Å²) < 4.78 is 9.02. The van der Waals surface area contributed by atoms with Crippen LogP contribution >= 0.6 is 15.9 Å². The number of rotatable bonds is 5. The Hall–Kier alpha value is -4.34. The molecule has 0 fully saturated rings. The molecular formula is C33H26BrN3O2. The van der Waals surface area contributed by atoms with Gasteiger partial charge in [0, 0.05) is 34.9 Å². The maximum absolute atomic E-state index is 13.8. The van der Waals surface area contributed by atoms with Gasteiger partial charge >= 0.3 is 6.09 Å². The third-order valence-electron chi connectivity index (χ3n) is 7.42. The Morgan fingerprint density at radius 3 is 2.26 bits per heavy atom. The molecule has 5 aromatic rings. The molecule has 1 aliphatic rings. The molecule has 0 aliphatic carbocycles. The van der Waals surface area contributed by atoms with E-state index in [0.717, 1.165) is 37.8 Å². The summed E-state index contributed by atoms with van der Waals surface area (Å²) in [6, 6.07) is 38.1. The zero-order valence-corrected chi connectivity index (χ0v) is 22.8. The summed E-state index contributed by atoms with van der Waals surface area (Å²) >= 11 is 3.52. The molecule has 4 aromatic carbocycles. The van der Waals surface area contributed by atoms with Crippen molar-refractivity contribution < 1.29 is 9.53 Å². The van der Waals surface area contributed by atoms with E-state index in [1.165, 1.54) is 0 Å². The maximum atomic E-state index is 13.8. The summed E-state index contributed by atoms with van der Waals surface area (Å²) in [5.41, 5.74) is 3.83. The van der Waals surface area contributed by atoms with Crippen LogP contribution in [0.3, 0.4) is 0 Å². The molecule has 1 aliphatic heterocycles. The number of carbonyl (C=O) groups excluding carboxylic acids is 1. The van der Waals surface area contributed by atoms with E-state index in [-0.39, 0.29) is 0 Å². The number of amides is 1. The van der Waals surface area contributed by atoms with E-state index in [1.807, 2.05) is 72.8 Å². The highest BCUT2D eigenvalue weighted by atomic mass is 79.9. The predicted molar refractivity (Wildman–Crippen MR) is 155 cm³/mol. The highest BCUT2D eigenvalue weighted by Gasteiger charge is 2.50. The molecule has 0 saturated heterocycles. The number of nitrogens with zero attached hydrogens (tertiary/aromatic N) is 3. The van der Waals surface area contributed by atoms with E-state index in [9.17, 15) is 10.1 Å². The molecule has 5 nitrogen and oxygen atoms in total. The van der Waals surface area contributed by atoms with E-state index in [1.54, 1.807) is 17.0 Å². The highest BCUT2D eigenvalue weighted by Crippen LogP contribution is 2.44. The van der Waals surface area contributed by atoms with Gasteiger partial charge in [-0.2, -0.15) is 5.26 Å². The third kappa shape index (κ3) is 4.60. The Morgan fingerprint density at radius 2 is 1.54 bits per heavy atom. The van der Waals surface area contributed by atoms with Crippen LogP contribution in [0.4, 0.5) is 4.79 Å². The number of fused-ring (bicyclic) bond motifs is 3. The van der Waals surface area contributed by atoms with E-state index in [0.29, 0.717) is 31.7 Å². The molecule has 0 N–H and O–H groups in total. The van der Waals surface area contributed by atoms with Crippen molar-refractivity contribution in [2.45, 2.75) is 24.9 Å². The molecule has 1 amide bonds. The molecular weight excluding hydrogens is 550 g/mol. The standard InChI is InChI=1S/C33H26BrN3O2/c34-26-17-15-24(16-18-26)21-33(23-35)31-29(19-20-37(33)32(38)39-27-11-5-2-6-12-27)28-13-7-8-14-30(28)36(31)22-25-9-3-1-4-10-25/h1-18H,19-22H2/t33-/m1/s1. The second kappa shape index (κ2) is 10.4. The average molecular weight is 576 g/mol. The fourth-order valence-corrected chi connectivity index (χ4v) is 5.96. The zero-order chi connectivity index (χ0) is 26.8. The molecule has 192 valence electrons. The second-order valence-corrected chi connectivity index (χ2v) is 10.7. The van der Waals surface area contributed by atoms with Crippen molar-refractivity contribution in [3.8, 4) is 11.8 Å². The molecule has 2 heterocycles. The lowest BCUT2D eigenvalue weighted by Gasteiger charge is -2.42. The summed E-state index contributed by atoms with van der Waals surface area (Å²) in [4.78, 5) is 15.4. The van der Waals surface area contributed by atoms with Gasteiger partial charge in [0.15, 0.2) is 5.54 Å². The summed E-state index contributed by atoms with van der Waals surface area (Å²) in [6.07, 6.45) is 0.436. The fraction of sp³-hybridized carbons (Fsp3) is 0.152. The number of halogens is 1. The van der Waals surface area contributed by atoms with Crippen molar-refractivity contribution in [3.63, 3.8) is 0 Å². The van der Waals surface area contributed by atoms with Crippen LogP contribution in [0.2, 0.25) is 0 Å². The van der Waals surface area contributed by atoms with Gasteiger partial charge in [-0.05, 0) is 53.4 Å². The number of nitriles is 1. The van der Waals surface area contributed by atoms with Gasteiger partial charge in [0.2, 0.25) is 0 Å². The molecule has 0 unspecified atom stereocenters. The average Bonchev–Trinajstić information content (AvgIpc) is 3.29. The van der Waals surface area contributed by atoms with Gasteiger partial charge in [-0.25, -0.2) is 4.79 Å². The Bertz CT molecular complexity index is 1670. The topological polar surface area (TPSA) is 58.3 Å². The SMILES string of the molecule is N#C[C@]1(Cc2ccc(Br)cc2)c2c(c3ccccc3n2Cc2ccccc2)CCN1C(=O)Oc1ccccc1. The van der Waals surface area contributed by atoms with Crippen molar-refractivity contribution in [2.75, 3.05) is 6.54 Å². The number of benzene rings is 4. The largest absolute Gasteiger partial charge is 0.416 e. The molecule has 6 rings (SSSR count). The summed E-state index contributed by atoms with van der Waals surface area (Å²) in [7, 11) is 0. The van der Waals surface area contributed by atoms with Crippen molar-refractivity contribution in [2.24, 2.45) is 0 Å². The second-order valence-electron chi connectivity index (χ2n) is 9.77. The Kier molecular flexibility index (Phi) is 6.68. The van der Waals surface area contributed by atoms with Crippen LogP contribution in [-0.4, -0.2) is 22.1 Å². The predicted octanol–water partition coefficient (Wildman–Crippen LogP) is 7.47. The highest BCUT2D eigenvalue weighted by molar-refractivity contribution is 9.10. The van der Waals surface area contributed by atoms with Gasteiger partial charge in [0.25, 0.3) is 0 Å². The van der Waals surface area contributed by atoms with Gasteiger partial charge in [-0.15, -0.1) is 0 Å². The number of hydrogen-bond donors (Lipinski definition) is 0. The first-order valence-electron chi connectivity index (χ1n) is 12.9. The summed E-state index contributed by atoms with van der Waals surface area (Å²) in [5.74, 6) is 0.452. The first-order chi connectivity index (χ1) is 19.1. The maximum Gasteiger partial charge on any atom is 0.416 e. The first-order valence-corrected chi connectivity index (χ1v) is 13.7. The lowest BCUT2D eigenvalue weighted by Crippen LogP contribution is -2.55. The minimum atomic E-state index is -1.28. The van der Waals surface area contributed by atoms with Crippen molar-refractivity contribution in [1.82, 2.24) is 9.47 Å². The smallest absolute Gasteiger partial charge is 0.410 e. The minimum absolute atomic E-state index is 0.332. The van der Waals surface area contributed by atoms with Gasteiger partial charge in [0.05, 0.1) is 11.8 Å². The number of ether oxygens (including phenoxy) is 1. The quantitative estimate of drug-likeness (QED) is 0.218. The fourth-order valence-electron chi connectivity index (χ4n) is 5.69. The Morgan fingerprint density at radius 1 is 0.872 bits per heavy atom. The molecule has 0 spiro atoms. The Balaban J connectivity index is 1.56.